The van der Waals surface area contributed by atoms with E-state index in [4.69, 9.17) is 0 Å². The summed E-state index contributed by atoms with van der Waals surface area (Å²) in [4.78, 5) is 25.8. The maximum atomic E-state index is 12.5. The van der Waals surface area contributed by atoms with Gasteiger partial charge in [0.2, 0.25) is 0 Å². The van der Waals surface area contributed by atoms with Gasteiger partial charge in [0.1, 0.15) is 5.70 Å². The Hall–Kier alpha value is -3.45. The summed E-state index contributed by atoms with van der Waals surface area (Å²) in [5.41, 5.74) is 3.88. The third-order valence-corrected chi connectivity index (χ3v) is 4.52. The molecule has 3 aromatic rings. The van der Waals surface area contributed by atoms with Crippen molar-refractivity contribution in [3.05, 3.63) is 88.0 Å². The van der Waals surface area contributed by atoms with E-state index >= 15 is 0 Å². The average Bonchev–Trinajstić information content (AvgIpc) is 3.34. The molecule has 0 aliphatic heterocycles. The number of nitrogens with one attached hydrogen (secondary N) is 2. The fraction of sp³-hybridized carbons (Fsp3) is 0.0500. The van der Waals surface area contributed by atoms with Crippen LogP contribution in [-0.4, -0.2) is 22.6 Å². The molecule has 2 N–H and O–H groups in total. The molecule has 0 saturated carbocycles. The molecule has 1 aromatic carbocycles. The van der Waals surface area contributed by atoms with Crippen molar-refractivity contribution >= 4 is 35.4 Å². The van der Waals surface area contributed by atoms with Gasteiger partial charge in [-0.1, -0.05) is 24.3 Å². The van der Waals surface area contributed by atoms with E-state index in [1.807, 2.05) is 53.5 Å². The van der Waals surface area contributed by atoms with Gasteiger partial charge in [-0.2, -0.15) is 5.10 Å². The number of carbonyl (C=O) groups excluding carboxylic acids is 2. The van der Waals surface area contributed by atoms with Gasteiger partial charge in [0, 0.05) is 23.7 Å². The Kier molecular flexibility index (Phi) is 5.96. The molecule has 27 heavy (non-hydrogen) atoms. The molecule has 0 saturated heterocycles. The van der Waals surface area contributed by atoms with Crippen LogP contribution in [0.5, 0.6) is 0 Å². The van der Waals surface area contributed by atoms with E-state index in [0.717, 1.165) is 10.6 Å². The van der Waals surface area contributed by atoms with E-state index in [-0.39, 0.29) is 11.6 Å². The predicted octanol–water partition coefficient (Wildman–Crippen LogP) is 3.01. The first-order valence-electron chi connectivity index (χ1n) is 8.20. The second-order valence-corrected chi connectivity index (χ2v) is 6.62. The van der Waals surface area contributed by atoms with Crippen molar-refractivity contribution in [2.24, 2.45) is 12.1 Å². The van der Waals surface area contributed by atoms with Crippen molar-refractivity contribution in [3.63, 3.8) is 0 Å². The summed E-state index contributed by atoms with van der Waals surface area (Å²) in [7, 11) is 1.88. The number of benzene rings is 1. The maximum Gasteiger partial charge on any atom is 0.287 e. The highest BCUT2D eigenvalue weighted by molar-refractivity contribution is 7.10. The highest BCUT2D eigenvalue weighted by Gasteiger charge is 2.14. The van der Waals surface area contributed by atoms with Crippen LogP contribution in [0.3, 0.4) is 0 Å². The maximum absolute atomic E-state index is 12.5. The Bertz CT molecular complexity index is 973. The van der Waals surface area contributed by atoms with Crippen LogP contribution in [0.15, 0.2) is 77.0 Å². The Labute approximate surface area is 160 Å². The van der Waals surface area contributed by atoms with Crippen LogP contribution in [-0.2, 0) is 11.8 Å². The SMILES string of the molecule is Cn1cccc1C=NNC(=O)C(=Cc1cccs1)NC(=O)c1ccccc1. The van der Waals surface area contributed by atoms with Gasteiger partial charge in [0.15, 0.2) is 0 Å². The normalized spacial score (nSPS) is 11.5. The molecular weight excluding hydrogens is 360 g/mol. The first kappa shape index (κ1) is 18.3. The summed E-state index contributed by atoms with van der Waals surface area (Å²) >= 11 is 1.47. The van der Waals surface area contributed by atoms with E-state index < -0.39 is 5.91 Å². The molecule has 0 bridgehead atoms. The third kappa shape index (κ3) is 5.02. The van der Waals surface area contributed by atoms with Gasteiger partial charge in [-0.05, 0) is 41.8 Å². The number of rotatable bonds is 6. The molecule has 0 aliphatic rings. The minimum Gasteiger partial charge on any atom is -0.350 e. The molecule has 2 aromatic heterocycles. The number of hydrogen-bond donors (Lipinski definition) is 2. The molecule has 2 amide bonds. The van der Waals surface area contributed by atoms with E-state index in [9.17, 15) is 9.59 Å². The number of aryl methyl sites for hydroxylation is 1. The van der Waals surface area contributed by atoms with Crippen LogP contribution in [0, 0.1) is 0 Å². The zero-order chi connectivity index (χ0) is 19.1. The van der Waals surface area contributed by atoms with Crippen LogP contribution in [0.2, 0.25) is 0 Å². The summed E-state index contributed by atoms with van der Waals surface area (Å²) in [6.07, 6.45) is 5.05. The van der Waals surface area contributed by atoms with Crippen molar-refractivity contribution in [1.29, 1.82) is 0 Å². The molecule has 0 spiro atoms. The van der Waals surface area contributed by atoms with Gasteiger partial charge in [0.05, 0.1) is 11.9 Å². The molecule has 0 unspecified atom stereocenters. The van der Waals surface area contributed by atoms with E-state index in [0.29, 0.717) is 5.56 Å². The Morgan fingerprint density at radius 3 is 2.56 bits per heavy atom. The summed E-state index contributed by atoms with van der Waals surface area (Å²) in [6, 6.07) is 16.2. The standard InChI is InChI=1S/C20H18N4O2S/c1-24-11-5-9-16(24)14-21-23-20(26)18(13-17-10-6-12-27-17)22-19(25)15-7-3-2-4-8-15/h2-14H,1H3,(H,22,25)(H,23,26). The zero-order valence-electron chi connectivity index (χ0n) is 14.6. The van der Waals surface area contributed by atoms with Crippen LogP contribution in [0.4, 0.5) is 0 Å². The summed E-state index contributed by atoms with van der Waals surface area (Å²) in [5, 5.41) is 8.53. The summed E-state index contributed by atoms with van der Waals surface area (Å²) in [6.45, 7) is 0. The van der Waals surface area contributed by atoms with Gasteiger partial charge in [-0.25, -0.2) is 5.43 Å². The molecule has 0 radical (unpaired) electrons. The van der Waals surface area contributed by atoms with Crippen LogP contribution >= 0.6 is 11.3 Å². The number of aromatic nitrogens is 1. The highest BCUT2D eigenvalue weighted by Crippen LogP contribution is 2.13. The lowest BCUT2D eigenvalue weighted by atomic mass is 10.2. The van der Waals surface area contributed by atoms with Gasteiger partial charge in [-0.3, -0.25) is 9.59 Å². The minimum atomic E-state index is -0.502. The summed E-state index contributed by atoms with van der Waals surface area (Å²) < 4.78 is 1.87. The van der Waals surface area contributed by atoms with Crippen molar-refractivity contribution in [2.45, 2.75) is 0 Å². The first-order valence-corrected chi connectivity index (χ1v) is 9.08. The number of nitrogens with zero attached hydrogens (tertiary/aromatic N) is 2. The van der Waals surface area contributed by atoms with Gasteiger partial charge in [0.25, 0.3) is 11.8 Å². The Morgan fingerprint density at radius 1 is 1.07 bits per heavy atom. The van der Waals surface area contributed by atoms with E-state index in [1.165, 1.54) is 11.3 Å². The summed E-state index contributed by atoms with van der Waals surface area (Å²) in [5.74, 6) is -0.863. The number of hydrogen-bond acceptors (Lipinski definition) is 4. The van der Waals surface area contributed by atoms with Crippen molar-refractivity contribution in [3.8, 4) is 0 Å². The molecule has 3 rings (SSSR count). The van der Waals surface area contributed by atoms with Crippen molar-refractivity contribution in [1.82, 2.24) is 15.3 Å². The fourth-order valence-corrected chi connectivity index (χ4v) is 2.94. The highest BCUT2D eigenvalue weighted by atomic mass is 32.1. The number of amides is 2. The molecule has 0 atom stereocenters. The van der Waals surface area contributed by atoms with E-state index in [2.05, 4.69) is 15.8 Å². The Morgan fingerprint density at radius 2 is 1.89 bits per heavy atom. The molecule has 136 valence electrons. The quantitative estimate of drug-likeness (QED) is 0.393. The first-order chi connectivity index (χ1) is 13.1. The minimum absolute atomic E-state index is 0.121. The lowest BCUT2D eigenvalue weighted by Gasteiger charge is -2.08. The molecule has 0 aliphatic carbocycles. The average molecular weight is 378 g/mol. The number of thiophene rings is 1. The smallest absolute Gasteiger partial charge is 0.287 e. The second kappa shape index (κ2) is 8.77. The fourth-order valence-electron chi connectivity index (χ4n) is 2.28. The van der Waals surface area contributed by atoms with Crippen LogP contribution in [0.1, 0.15) is 20.9 Å². The zero-order valence-corrected chi connectivity index (χ0v) is 15.4. The van der Waals surface area contributed by atoms with Crippen LogP contribution < -0.4 is 10.7 Å². The molecule has 7 heteroatoms. The largest absolute Gasteiger partial charge is 0.350 e. The van der Waals surface area contributed by atoms with Gasteiger partial charge >= 0.3 is 0 Å². The van der Waals surface area contributed by atoms with E-state index in [1.54, 1.807) is 36.6 Å². The van der Waals surface area contributed by atoms with Gasteiger partial charge < -0.3 is 9.88 Å². The van der Waals surface area contributed by atoms with Crippen molar-refractivity contribution < 1.29 is 9.59 Å². The lowest BCUT2D eigenvalue weighted by Crippen LogP contribution is -2.32. The lowest BCUT2D eigenvalue weighted by molar-refractivity contribution is -0.117. The molecule has 2 heterocycles. The van der Waals surface area contributed by atoms with Gasteiger partial charge in [-0.15, -0.1) is 11.3 Å². The van der Waals surface area contributed by atoms with Crippen LogP contribution in [0.25, 0.3) is 6.08 Å². The number of hydrazone groups is 1. The molecular formula is C20H18N4O2S. The number of carbonyl (C=O) groups is 2. The second-order valence-electron chi connectivity index (χ2n) is 5.64. The van der Waals surface area contributed by atoms with Crippen molar-refractivity contribution in [2.75, 3.05) is 0 Å². The third-order valence-electron chi connectivity index (χ3n) is 3.71. The molecule has 6 nitrogen and oxygen atoms in total. The molecule has 0 fully saturated rings. The Balaban J connectivity index is 1.75. The monoisotopic (exact) mass is 378 g/mol. The topological polar surface area (TPSA) is 75.5 Å². The predicted molar refractivity (Wildman–Crippen MR) is 107 cm³/mol.